The molecule has 1 aliphatic carbocycles. The molecule has 0 radical (unpaired) electrons. The maximum absolute atomic E-state index is 12.4. The molecule has 0 aromatic carbocycles. The Morgan fingerprint density at radius 2 is 1.38 bits per heavy atom. The van der Waals surface area contributed by atoms with Gasteiger partial charge in [0, 0.05) is 30.3 Å². The van der Waals surface area contributed by atoms with E-state index in [1.165, 1.54) is 64.2 Å². The number of hydrogen-bond donors (Lipinski definition) is 0. The van der Waals surface area contributed by atoms with Crippen molar-refractivity contribution in [3.05, 3.63) is 0 Å². The van der Waals surface area contributed by atoms with Crippen LogP contribution in [0.4, 0.5) is 0 Å². The Morgan fingerprint density at radius 3 is 1.97 bits per heavy atom. The monoisotopic (exact) mass is 409 g/mol. The third-order valence-electron chi connectivity index (χ3n) is 6.64. The number of carbonyl (C=O) groups is 1. The lowest BCUT2D eigenvalue weighted by Gasteiger charge is -2.54. The molecule has 1 aliphatic heterocycles. The average Bonchev–Trinajstić information content (AvgIpc) is 2.64. The molecule has 0 spiro atoms. The van der Waals surface area contributed by atoms with Crippen molar-refractivity contribution in [1.82, 2.24) is 5.06 Å². The molecule has 0 amide bonds. The molecule has 4 nitrogen and oxygen atoms in total. The van der Waals surface area contributed by atoms with Gasteiger partial charge < -0.3 is 4.74 Å². The predicted molar refractivity (Wildman–Crippen MR) is 120 cm³/mol. The quantitative estimate of drug-likeness (QED) is 0.273. The zero-order valence-corrected chi connectivity index (χ0v) is 19.9. The molecule has 1 saturated heterocycles. The molecule has 2 aliphatic rings. The van der Waals surface area contributed by atoms with E-state index < -0.39 is 0 Å². The fourth-order valence-electron chi connectivity index (χ4n) is 5.33. The van der Waals surface area contributed by atoms with Gasteiger partial charge in [-0.25, -0.2) is 0 Å². The fourth-order valence-corrected chi connectivity index (χ4v) is 5.33. The normalized spacial score (nSPS) is 23.2. The SMILES string of the molecule is CCCCCCCCCC(=O)OC1CC(C)(C)N(OC2CCCCC2)C(C)(C)C1. The van der Waals surface area contributed by atoms with Crippen molar-refractivity contribution in [2.45, 2.75) is 154 Å². The predicted octanol–water partition coefficient (Wildman–Crippen LogP) is 6.96. The summed E-state index contributed by atoms with van der Waals surface area (Å²) in [5.74, 6) is -0.0168. The summed E-state index contributed by atoms with van der Waals surface area (Å²) in [5.41, 5.74) is -0.271. The lowest BCUT2D eigenvalue weighted by Crippen LogP contribution is -2.63. The summed E-state index contributed by atoms with van der Waals surface area (Å²) >= 11 is 0. The molecule has 0 N–H and O–H groups in total. The minimum Gasteiger partial charge on any atom is -0.462 e. The first-order chi connectivity index (χ1) is 13.7. The molecule has 0 aromatic heterocycles. The third-order valence-corrected chi connectivity index (χ3v) is 6.64. The van der Waals surface area contributed by atoms with Crippen molar-refractivity contribution >= 4 is 5.97 Å². The molecule has 4 heteroatoms. The molecule has 0 unspecified atom stereocenters. The first-order valence-corrected chi connectivity index (χ1v) is 12.4. The topological polar surface area (TPSA) is 38.8 Å². The van der Waals surface area contributed by atoms with Crippen molar-refractivity contribution in [3.8, 4) is 0 Å². The molecular formula is C25H47NO3. The van der Waals surface area contributed by atoms with Gasteiger partial charge in [-0.05, 0) is 47.0 Å². The molecular weight excluding hydrogens is 362 g/mol. The van der Waals surface area contributed by atoms with Gasteiger partial charge >= 0.3 is 5.97 Å². The number of ether oxygens (including phenoxy) is 1. The first kappa shape index (κ1) is 24.7. The molecule has 0 bridgehead atoms. The molecule has 29 heavy (non-hydrogen) atoms. The zero-order valence-electron chi connectivity index (χ0n) is 19.9. The smallest absolute Gasteiger partial charge is 0.306 e. The maximum Gasteiger partial charge on any atom is 0.306 e. The lowest BCUT2D eigenvalue weighted by atomic mass is 9.80. The van der Waals surface area contributed by atoms with E-state index in [1.54, 1.807) is 0 Å². The maximum atomic E-state index is 12.4. The minimum absolute atomic E-state index is 0.0109. The summed E-state index contributed by atoms with van der Waals surface area (Å²) < 4.78 is 5.92. The van der Waals surface area contributed by atoms with E-state index in [2.05, 4.69) is 39.7 Å². The largest absolute Gasteiger partial charge is 0.462 e. The number of esters is 1. The van der Waals surface area contributed by atoms with Crippen LogP contribution in [0.2, 0.25) is 0 Å². The van der Waals surface area contributed by atoms with E-state index in [4.69, 9.17) is 9.57 Å². The van der Waals surface area contributed by atoms with Gasteiger partial charge in [0.1, 0.15) is 6.10 Å². The summed E-state index contributed by atoms with van der Waals surface area (Å²) in [6, 6.07) is 0. The van der Waals surface area contributed by atoms with Crippen LogP contribution in [0.25, 0.3) is 0 Å². The Kier molecular flexibility index (Phi) is 9.94. The third kappa shape index (κ3) is 8.20. The van der Waals surface area contributed by atoms with Crippen LogP contribution in [0.1, 0.15) is 131 Å². The summed E-state index contributed by atoms with van der Waals surface area (Å²) in [6.07, 6.45) is 17.4. The van der Waals surface area contributed by atoms with Crippen LogP contribution in [-0.2, 0) is 14.4 Å². The minimum atomic E-state index is -0.135. The second-order valence-corrected chi connectivity index (χ2v) is 10.7. The number of piperidine rings is 1. The Morgan fingerprint density at radius 1 is 0.828 bits per heavy atom. The highest BCUT2D eigenvalue weighted by atomic mass is 16.7. The van der Waals surface area contributed by atoms with Gasteiger partial charge in [0.05, 0.1) is 6.10 Å². The second-order valence-electron chi connectivity index (χ2n) is 10.7. The molecule has 2 fully saturated rings. The summed E-state index contributed by atoms with van der Waals surface area (Å²) in [5, 5.41) is 2.23. The summed E-state index contributed by atoms with van der Waals surface area (Å²) in [4.78, 5) is 18.9. The van der Waals surface area contributed by atoms with Gasteiger partial charge in [0.15, 0.2) is 0 Å². The van der Waals surface area contributed by atoms with Gasteiger partial charge in [-0.1, -0.05) is 64.7 Å². The average molecular weight is 410 g/mol. The van der Waals surface area contributed by atoms with Crippen LogP contribution in [0.3, 0.4) is 0 Å². The number of nitrogens with zero attached hydrogens (tertiary/aromatic N) is 1. The van der Waals surface area contributed by atoms with Crippen LogP contribution in [0.5, 0.6) is 0 Å². The van der Waals surface area contributed by atoms with Gasteiger partial charge in [0.25, 0.3) is 0 Å². The molecule has 1 saturated carbocycles. The Hall–Kier alpha value is -0.610. The summed E-state index contributed by atoms with van der Waals surface area (Å²) in [7, 11) is 0. The highest BCUT2D eigenvalue weighted by molar-refractivity contribution is 5.69. The van der Waals surface area contributed by atoms with Gasteiger partial charge in [-0.2, -0.15) is 5.06 Å². The van der Waals surface area contributed by atoms with E-state index in [9.17, 15) is 4.79 Å². The Bertz CT molecular complexity index is 464. The molecule has 170 valence electrons. The van der Waals surface area contributed by atoms with Crippen LogP contribution in [0, 0.1) is 0 Å². The number of hydroxylamine groups is 2. The Balaban J connectivity index is 1.76. The zero-order chi connectivity index (χ0) is 21.3. The van der Waals surface area contributed by atoms with Crippen molar-refractivity contribution in [1.29, 1.82) is 0 Å². The van der Waals surface area contributed by atoms with Crippen LogP contribution >= 0.6 is 0 Å². The van der Waals surface area contributed by atoms with Gasteiger partial charge in [-0.15, -0.1) is 0 Å². The first-order valence-electron chi connectivity index (χ1n) is 12.4. The van der Waals surface area contributed by atoms with Crippen LogP contribution in [0.15, 0.2) is 0 Å². The van der Waals surface area contributed by atoms with E-state index in [0.29, 0.717) is 12.5 Å². The van der Waals surface area contributed by atoms with Crippen molar-refractivity contribution in [2.24, 2.45) is 0 Å². The van der Waals surface area contributed by atoms with Crippen molar-refractivity contribution in [3.63, 3.8) is 0 Å². The van der Waals surface area contributed by atoms with E-state index >= 15 is 0 Å². The van der Waals surface area contributed by atoms with E-state index in [1.807, 2.05) is 0 Å². The number of unbranched alkanes of at least 4 members (excludes halogenated alkanes) is 6. The van der Waals surface area contributed by atoms with Crippen molar-refractivity contribution in [2.75, 3.05) is 0 Å². The summed E-state index contributed by atoms with van der Waals surface area (Å²) in [6.45, 7) is 11.2. The van der Waals surface area contributed by atoms with E-state index in [-0.39, 0.29) is 23.2 Å². The molecule has 1 heterocycles. The fraction of sp³-hybridized carbons (Fsp3) is 0.960. The van der Waals surface area contributed by atoms with Crippen LogP contribution in [-0.4, -0.2) is 34.3 Å². The molecule has 0 atom stereocenters. The standard InChI is InChI=1S/C25H47NO3/c1-6-7-8-9-10-11-15-18-23(27)28-22-19-24(2,3)26(25(4,5)20-22)29-21-16-13-12-14-17-21/h21-22H,6-20H2,1-5H3. The van der Waals surface area contributed by atoms with Crippen LogP contribution < -0.4 is 0 Å². The number of carbonyl (C=O) groups excluding carboxylic acids is 1. The molecule has 0 aromatic rings. The highest BCUT2D eigenvalue weighted by Gasteiger charge is 2.48. The van der Waals surface area contributed by atoms with Gasteiger partial charge in [-0.3, -0.25) is 9.63 Å². The van der Waals surface area contributed by atoms with Crippen molar-refractivity contribution < 1.29 is 14.4 Å². The highest BCUT2D eigenvalue weighted by Crippen LogP contribution is 2.41. The Labute approximate surface area is 180 Å². The van der Waals surface area contributed by atoms with E-state index in [0.717, 1.165) is 25.7 Å². The number of rotatable bonds is 11. The lowest BCUT2D eigenvalue weighted by molar-refractivity contribution is -0.318. The van der Waals surface area contributed by atoms with Gasteiger partial charge in [0.2, 0.25) is 0 Å². The second kappa shape index (κ2) is 11.7. The number of hydrogen-bond acceptors (Lipinski definition) is 4. The molecule has 2 rings (SSSR count).